The third-order valence-electron chi connectivity index (χ3n) is 2.07. The molecular weight excluding hydrogens is 164 g/mol. The maximum atomic E-state index is 4.22. The Balaban J connectivity index is 2.52. The van der Waals surface area contributed by atoms with Gasteiger partial charge in [-0.05, 0) is 13.0 Å². The molecule has 0 spiro atoms. The third-order valence-corrected chi connectivity index (χ3v) is 2.07. The maximum absolute atomic E-state index is 4.22. The molecule has 0 saturated carbocycles. The van der Waals surface area contributed by atoms with Crippen LogP contribution >= 0.6 is 0 Å². The molecule has 0 atom stereocenters. The highest BCUT2D eigenvalue weighted by molar-refractivity contribution is 5.75. The highest BCUT2D eigenvalue weighted by atomic mass is 15.1. The molecule has 0 saturated heterocycles. The average molecular weight is 176 g/mol. The van der Waals surface area contributed by atoms with Crippen LogP contribution in [0.25, 0.3) is 11.3 Å². The zero-order chi connectivity index (χ0) is 9.26. The van der Waals surface area contributed by atoms with Crippen LogP contribution in [0.2, 0.25) is 0 Å². The van der Waals surface area contributed by atoms with Gasteiger partial charge in [0, 0.05) is 25.0 Å². The van der Waals surface area contributed by atoms with Gasteiger partial charge in [-0.3, -0.25) is 5.10 Å². The summed E-state index contributed by atoms with van der Waals surface area (Å²) in [6.45, 7) is 2.00. The van der Waals surface area contributed by atoms with Gasteiger partial charge in [0.05, 0.1) is 11.4 Å². The predicted octanol–water partition coefficient (Wildman–Crippen LogP) is 1.75. The number of anilines is 1. The molecule has 0 aromatic carbocycles. The van der Waals surface area contributed by atoms with Crippen LogP contribution in [-0.2, 0) is 0 Å². The summed E-state index contributed by atoms with van der Waals surface area (Å²) in [5.74, 6) is 0. The average Bonchev–Trinajstić information content (AvgIpc) is 2.71. The Morgan fingerprint density at radius 3 is 2.92 bits per heavy atom. The minimum Gasteiger partial charge on any atom is -0.385 e. The van der Waals surface area contributed by atoms with Gasteiger partial charge in [0.25, 0.3) is 0 Å². The molecule has 0 aliphatic rings. The molecule has 0 radical (unpaired) electrons. The van der Waals surface area contributed by atoms with E-state index in [1.165, 1.54) is 0 Å². The fourth-order valence-electron chi connectivity index (χ4n) is 1.42. The zero-order valence-electron chi connectivity index (χ0n) is 7.68. The number of hydrogen-bond acceptors (Lipinski definition) is 2. The van der Waals surface area contributed by atoms with E-state index < -0.39 is 0 Å². The van der Waals surface area contributed by atoms with E-state index in [0.717, 1.165) is 22.6 Å². The van der Waals surface area contributed by atoms with Crippen molar-refractivity contribution < 1.29 is 0 Å². The molecule has 4 heteroatoms. The second-order valence-corrected chi connectivity index (χ2v) is 2.92. The number of hydrogen-bond donors (Lipinski definition) is 3. The summed E-state index contributed by atoms with van der Waals surface area (Å²) in [5, 5.41) is 10.3. The van der Waals surface area contributed by atoms with E-state index in [1.54, 1.807) is 0 Å². The van der Waals surface area contributed by atoms with Crippen molar-refractivity contribution in [2.45, 2.75) is 6.92 Å². The van der Waals surface area contributed by atoms with Crippen LogP contribution in [0.1, 0.15) is 5.69 Å². The normalized spacial score (nSPS) is 10.3. The van der Waals surface area contributed by atoms with Crippen LogP contribution in [0.5, 0.6) is 0 Å². The van der Waals surface area contributed by atoms with Gasteiger partial charge in [0.15, 0.2) is 0 Å². The summed E-state index contributed by atoms with van der Waals surface area (Å²) < 4.78 is 0. The largest absolute Gasteiger partial charge is 0.385 e. The molecule has 0 fully saturated rings. The summed E-state index contributed by atoms with van der Waals surface area (Å²) in [7, 11) is 1.90. The van der Waals surface area contributed by atoms with Crippen molar-refractivity contribution in [3.05, 3.63) is 24.2 Å². The van der Waals surface area contributed by atoms with Crippen molar-refractivity contribution in [2.24, 2.45) is 0 Å². The van der Waals surface area contributed by atoms with Gasteiger partial charge in [0.1, 0.15) is 5.69 Å². The first-order valence-corrected chi connectivity index (χ1v) is 4.19. The number of aromatic nitrogens is 3. The summed E-state index contributed by atoms with van der Waals surface area (Å²) in [6.07, 6.45) is 3.81. The molecule has 0 aliphatic carbocycles. The van der Waals surface area contributed by atoms with Crippen LogP contribution in [0.15, 0.2) is 18.5 Å². The van der Waals surface area contributed by atoms with Crippen LogP contribution in [0, 0.1) is 6.92 Å². The van der Waals surface area contributed by atoms with Gasteiger partial charge in [-0.2, -0.15) is 5.10 Å². The SMILES string of the molecule is CNc1c(-c2cc[nH]c2)n[nH]c1C. The van der Waals surface area contributed by atoms with E-state index in [2.05, 4.69) is 20.5 Å². The Bertz CT molecular complexity index is 386. The first kappa shape index (κ1) is 7.91. The topological polar surface area (TPSA) is 56.5 Å². The van der Waals surface area contributed by atoms with E-state index in [4.69, 9.17) is 0 Å². The highest BCUT2D eigenvalue weighted by Gasteiger charge is 2.10. The van der Waals surface area contributed by atoms with Gasteiger partial charge in [-0.15, -0.1) is 0 Å². The van der Waals surface area contributed by atoms with Crippen molar-refractivity contribution in [1.29, 1.82) is 0 Å². The van der Waals surface area contributed by atoms with Crippen molar-refractivity contribution in [3.8, 4) is 11.3 Å². The number of aryl methyl sites for hydroxylation is 1. The van der Waals surface area contributed by atoms with Crippen LogP contribution in [0.4, 0.5) is 5.69 Å². The fraction of sp³-hybridized carbons (Fsp3) is 0.222. The lowest BCUT2D eigenvalue weighted by Gasteiger charge is -1.99. The smallest absolute Gasteiger partial charge is 0.117 e. The molecule has 68 valence electrons. The van der Waals surface area contributed by atoms with Gasteiger partial charge >= 0.3 is 0 Å². The molecule has 0 aliphatic heterocycles. The lowest BCUT2D eigenvalue weighted by Crippen LogP contribution is -1.90. The summed E-state index contributed by atoms with van der Waals surface area (Å²) in [6, 6.07) is 2.00. The molecule has 0 bridgehead atoms. The van der Waals surface area contributed by atoms with Crippen LogP contribution in [0.3, 0.4) is 0 Å². The highest BCUT2D eigenvalue weighted by Crippen LogP contribution is 2.27. The van der Waals surface area contributed by atoms with E-state index in [1.807, 2.05) is 32.4 Å². The zero-order valence-corrected chi connectivity index (χ0v) is 7.68. The molecular formula is C9H12N4. The van der Waals surface area contributed by atoms with E-state index in [0.29, 0.717) is 0 Å². The van der Waals surface area contributed by atoms with Crippen molar-refractivity contribution in [2.75, 3.05) is 12.4 Å². The predicted molar refractivity (Wildman–Crippen MR) is 52.7 cm³/mol. The molecule has 2 aromatic rings. The second-order valence-electron chi connectivity index (χ2n) is 2.92. The summed E-state index contributed by atoms with van der Waals surface area (Å²) in [5.41, 5.74) is 4.16. The lowest BCUT2D eigenvalue weighted by atomic mass is 10.2. The van der Waals surface area contributed by atoms with Crippen molar-refractivity contribution >= 4 is 5.69 Å². The summed E-state index contributed by atoms with van der Waals surface area (Å²) in [4.78, 5) is 3.01. The van der Waals surface area contributed by atoms with Gasteiger partial charge in [-0.1, -0.05) is 0 Å². The first-order valence-electron chi connectivity index (χ1n) is 4.19. The molecule has 2 rings (SSSR count). The first-order chi connectivity index (χ1) is 6.33. The van der Waals surface area contributed by atoms with E-state index in [-0.39, 0.29) is 0 Å². The van der Waals surface area contributed by atoms with Gasteiger partial charge < -0.3 is 10.3 Å². The van der Waals surface area contributed by atoms with Crippen molar-refractivity contribution in [1.82, 2.24) is 15.2 Å². The Morgan fingerprint density at radius 1 is 1.46 bits per heavy atom. The van der Waals surface area contributed by atoms with E-state index in [9.17, 15) is 0 Å². The molecule has 13 heavy (non-hydrogen) atoms. The molecule has 2 heterocycles. The Hall–Kier alpha value is -1.71. The third kappa shape index (κ3) is 1.20. The number of nitrogens with zero attached hydrogens (tertiary/aromatic N) is 1. The van der Waals surface area contributed by atoms with Gasteiger partial charge in [0.2, 0.25) is 0 Å². The molecule has 3 N–H and O–H groups in total. The number of rotatable bonds is 2. The van der Waals surface area contributed by atoms with Crippen LogP contribution < -0.4 is 5.32 Å². The second kappa shape index (κ2) is 2.97. The standard InChI is InChI=1S/C9H12N4/c1-6-8(10-2)9(13-12-6)7-3-4-11-5-7/h3-5,10-11H,1-2H3,(H,12,13). The molecule has 2 aromatic heterocycles. The number of nitrogens with one attached hydrogen (secondary N) is 3. The lowest BCUT2D eigenvalue weighted by molar-refractivity contribution is 1.05. The number of H-pyrrole nitrogens is 2. The Morgan fingerprint density at radius 2 is 2.31 bits per heavy atom. The Labute approximate surface area is 76.4 Å². The quantitative estimate of drug-likeness (QED) is 0.653. The van der Waals surface area contributed by atoms with E-state index >= 15 is 0 Å². The number of aromatic amines is 2. The molecule has 0 amide bonds. The minimum absolute atomic E-state index is 0.959. The minimum atomic E-state index is 0.959. The van der Waals surface area contributed by atoms with Crippen molar-refractivity contribution in [3.63, 3.8) is 0 Å². The molecule has 0 unspecified atom stereocenters. The van der Waals surface area contributed by atoms with Gasteiger partial charge in [-0.25, -0.2) is 0 Å². The maximum Gasteiger partial charge on any atom is 0.117 e. The molecule has 4 nitrogen and oxygen atoms in total. The Kier molecular flexibility index (Phi) is 1.81. The monoisotopic (exact) mass is 176 g/mol. The fourth-order valence-corrected chi connectivity index (χ4v) is 1.42. The van der Waals surface area contributed by atoms with Crippen LogP contribution in [-0.4, -0.2) is 22.2 Å². The summed E-state index contributed by atoms with van der Waals surface area (Å²) >= 11 is 0.